The van der Waals surface area contributed by atoms with Gasteiger partial charge in [0.2, 0.25) is 0 Å². The Bertz CT molecular complexity index is 756. The van der Waals surface area contributed by atoms with Gasteiger partial charge in [-0.2, -0.15) is 0 Å². The van der Waals surface area contributed by atoms with Crippen LogP contribution < -0.4 is 5.11 Å². The highest BCUT2D eigenvalue weighted by Gasteiger charge is 2.20. The van der Waals surface area contributed by atoms with Crippen molar-refractivity contribution < 1.29 is 19.0 Å². The molecule has 0 fully saturated rings. The predicted molar refractivity (Wildman–Crippen MR) is 77.1 cm³/mol. The lowest BCUT2D eigenvalue weighted by molar-refractivity contribution is -0.272. The van der Waals surface area contributed by atoms with Crippen LogP contribution in [0.2, 0.25) is 0 Å². The van der Waals surface area contributed by atoms with Crippen LogP contribution in [0, 0.1) is 11.6 Å². The van der Waals surface area contributed by atoms with E-state index in [-0.39, 0.29) is 5.92 Å². The Morgan fingerprint density at radius 3 is 2.67 bits per heavy atom. The Hall–Kier alpha value is -1.88. The monoisotopic (exact) mass is 351 g/mol. The molecule has 0 unspecified atom stereocenters. The number of benzene rings is 2. The van der Waals surface area contributed by atoms with E-state index < -0.39 is 23.1 Å². The molecule has 5 heteroatoms. The highest BCUT2D eigenvalue weighted by Crippen LogP contribution is 2.39. The van der Waals surface area contributed by atoms with E-state index in [4.69, 9.17) is 0 Å². The van der Waals surface area contributed by atoms with Crippen molar-refractivity contribution in [1.29, 1.82) is 0 Å². The highest BCUT2D eigenvalue weighted by atomic mass is 79.9. The van der Waals surface area contributed by atoms with E-state index in [2.05, 4.69) is 15.9 Å². The van der Waals surface area contributed by atoms with E-state index in [0.29, 0.717) is 27.6 Å². The lowest BCUT2D eigenvalue weighted by Gasteiger charge is -2.25. The second-order valence-corrected chi connectivity index (χ2v) is 5.80. The smallest absolute Gasteiger partial charge is 0.165 e. The zero-order chi connectivity index (χ0) is 15.1. The fourth-order valence-corrected chi connectivity index (χ4v) is 3.10. The average Bonchev–Trinajstić information content (AvgIpc) is 2.47. The first-order valence-corrected chi connectivity index (χ1v) is 7.11. The van der Waals surface area contributed by atoms with Crippen LogP contribution >= 0.6 is 15.9 Å². The molecule has 0 saturated carbocycles. The second-order valence-electron chi connectivity index (χ2n) is 4.94. The molecule has 1 atom stereocenters. The molecule has 2 aromatic rings. The quantitative estimate of drug-likeness (QED) is 0.847. The predicted octanol–water partition coefficient (Wildman–Crippen LogP) is 3.86. The van der Waals surface area contributed by atoms with Crippen molar-refractivity contribution in [2.75, 3.05) is 0 Å². The lowest BCUT2D eigenvalue weighted by atomic mass is 9.85. The molecule has 3 rings (SSSR count). The molecule has 0 aliphatic heterocycles. The van der Waals surface area contributed by atoms with Gasteiger partial charge in [-0.1, -0.05) is 39.9 Å². The van der Waals surface area contributed by atoms with Crippen LogP contribution in [0.3, 0.4) is 0 Å². The fourth-order valence-electron chi connectivity index (χ4n) is 2.53. The molecule has 108 valence electrons. The Kier molecular flexibility index (Phi) is 3.45. The summed E-state index contributed by atoms with van der Waals surface area (Å²) < 4.78 is 27.4. The first-order valence-electron chi connectivity index (χ1n) is 6.32. The zero-order valence-corrected chi connectivity index (χ0v) is 12.3. The van der Waals surface area contributed by atoms with Gasteiger partial charge in [0.15, 0.2) is 11.6 Å². The van der Waals surface area contributed by atoms with E-state index in [1.165, 1.54) is 12.1 Å². The van der Waals surface area contributed by atoms with Gasteiger partial charge in [0.05, 0.1) is 0 Å². The molecule has 21 heavy (non-hydrogen) atoms. The number of hydrogen-bond acceptors (Lipinski definition) is 2. The minimum atomic E-state index is -0.792. The van der Waals surface area contributed by atoms with Crippen LogP contribution in [0.1, 0.15) is 22.6 Å². The molecule has 1 N–H and O–H groups in total. The van der Waals surface area contributed by atoms with Gasteiger partial charge in [-0.15, -0.1) is 0 Å². The molecule has 2 aromatic carbocycles. The Balaban J connectivity index is 2.03. The maximum atomic E-state index is 13.4. The Morgan fingerprint density at radius 1 is 1.19 bits per heavy atom. The van der Waals surface area contributed by atoms with E-state index in [0.717, 1.165) is 6.07 Å². The fraction of sp³-hybridized carbons (Fsp3) is 0.125. The second kappa shape index (κ2) is 5.15. The van der Waals surface area contributed by atoms with Crippen molar-refractivity contribution in [1.82, 2.24) is 0 Å². The summed E-state index contributed by atoms with van der Waals surface area (Å²) in [5.74, 6) is -2.63. The Morgan fingerprint density at radius 2 is 1.95 bits per heavy atom. The standard InChI is InChI=1S/C16H11BrF2O2/c17-12-7-14(19)16(21)10-3-1-8(5-11(10)12)9-2-4-15(20)13(18)6-9/h1-4,6-8,20-21H,5H2/p-1/t8-/m1/s1. The third kappa shape index (κ3) is 2.42. The van der Waals surface area contributed by atoms with E-state index >= 15 is 0 Å². The third-order valence-electron chi connectivity index (χ3n) is 3.65. The minimum absolute atomic E-state index is 0.131. The molecule has 0 radical (unpaired) electrons. The SMILES string of the molecule is [O-]c1c(F)cc(Br)c2c1C=C[C@@H](c1ccc(O)c(F)c1)C2. The molecular formula is C16H10BrF2O2-. The molecule has 0 saturated heterocycles. The van der Waals surface area contributed by atoms with Gasteiger partial charge in [-0.25, -0.2) is 8.78 Å². The summed E-state index contributed by atoms with van der Waals surface area (Å²) in [6, 6.07) is 5.36. The molecule has 1 aliphatic rings. The van der Waals surface area contributed by atoms with Gasteiger partial charge in [0.1, 0.15) is 5.82 Å². The number of rotatable bonds is 1. The summed E-state index contributed by atoms with van der Waals surface area (Å²) in [7, 11) is 0. The van der Waals surface area contributed by atoms with Gasteiger partial charge < -0.3 is 10.2 Å². The third-order valence-corrected chi connectivity index (χ3v) is 4.36. The molecule has 0 spiro atoms. The zero-order valence-electron chi connectivity index (χ0n) is 10.7. The number of aromatic hydroxyl groups is 1. The topological polar surface area (TPSA) is 43.3 Å². The highest BCUT2D eigenvalue weighted by molar-refractivity contribution is 9.10. The number of phenols is 1. The van der Waals surface area contributed by atoms with Gasteiger partial charge in [0, 0.05) is 10.4 Å². The first-order chi connectivity index (χ1) is 9.97. The van der Waals surface area contributed by atoms with Crippen LogP contribution in [-0.4, -0.2) is 5.11 Å². The normalized spacial score (nSPS) is 16.8. The minimum Gasteiger partial charge on any atom is -0.870 e. The van der Waals surface area contributed by atoms with Crippen molar-refractivity contribution in [3.8, 4) is 11.5 Å². The Labute approximate surface area is 128 Å². The van der Waals surface area contributed by atoms with Crippen molar-refractivity contribution in [2.45, 2.75) is 12.3 Å². The lowest BCUT2D eigenvalue weighted by Crippen LogP contribution is -2.10. The number of halogens is 3. The van der Waals surface area contributed by atoms with Crippen molar-refractivity contribution >= 4 is 22.0 Å². The van der Waals surface area contributed by atoms with Gasteiger partial charge >= 0.3 is 0 Å². The summed E-state index contributed by atoms with van der Waals surface area (Å²) in [5.41, 5.74) is 1.73. The molecular weight excluding hydrogens is 342 g/mol. The molecule has 0 aromatic heterocycles. The summed E-state index contributed by atoms with van der Waals surface area (Å²) in [6.07, 6.45) is 3.79. The van der Waals surface area contributed by atoms with Gasteiger partial charge in [0.25, 0.3) is 0 Å². The van der Waals surface area contributed by atoms with Gasteiger partial charge in [-0.3, -0.25) is 0 Å². The van der Waals surface area contributed by atoms with Crippen LogP contribution in [0.15, 0.2) is 34.8 Å². The summed E-state index contributed by atoms with van der Waals surface area (Å²) in [4.78, 5) is 0. The molecule has 0 bridgehead atoms. The van der Waals surface area contributed by atoms with Crippen LogP contribution in [0.5, 0.6) is 11.5 Å². The molecule has 2 nitrogen and oxygen atoms in total. The summed E-state index contributed by atoms with van der Waals surface area (Å²) >= 11 is 3.27. The average molecular weight is 352 g/mol. The molecule has 0 amide bonds. The summed E-state index contributed by atoms with van der Waals surface area (Å²) in [5, 5.41) is 21.0. The summed E-state index contributed by atoms with van der Waals surface area (Å²) in [6.45, 7) is 0. The van der Waals surface area contributed by atoms with E-state index in [1.807, 2.05) is 0 Å². The molecule has 1 aliphatic carbocycles. The maximum Gasteiger partial charge on any atom is 0.165 e. The van der Waals surface area contributed by atoms with Crippen LogP contribution in [0.4, 0.5) is 8.78 Å². The van der Waals surface area contributed by atoms with Crippen LogP contribution in [-0.2, 0) is 6.42 Å². The number of hydrogen-bond donors (Lipinski definition) is 1. The number of fused-ring (bicyclic) bond motifs is 1. The maximum absolute atomic E-state index is 13.4. The van der Waals surface area contributed by atoms with E-state index in [1.54, 1.807) is 18.2 Å². The first kappa shape index (κ1) is 14.1. The largest absolute Gasteiger partial charge is 0.870 e. The van der Waals surface area contributed by atoms with Crippen molar-refractivity contribution in [3.05, 3.63) is 63.1 Å². The van der Waals surface area contributed by atoms with Gasteiger partial charge in [-0.05, 0) is 41.3 Å². The van der Waals surface area contributed by atoms with Crippen LogP contribution in [0.25, 0.3) is 6.08 Å². The number of allylic oxidation sites excluding steroid dienone is 1. The van der Waals surface area contributed by atoms with Crippen molar-refractivity contribution in [3.63, 3.8) is 0 Å². The van der Waals surface area contributed by atoms with E-state index in [9.17, 15) is 19.0 Å². The number of phenolic OH excluding ortho intramolecular Hbond substituents is 1. The van der Waals surface area contributed by atoms with Crippen molar-refractivity contribution in [2.24, 2.45) is 0 Å². The molecule has 0 heterocycles.